The molecule has 1 unspecified atom stereocenters. The van der Waals surface area contributed by atoms with Gasteiger partial charge in [-0.05, 0) is 61.4 Å². The average Bonchev–Trinajstić information content (AvgIpc) is 3.66. The molecule has 0 aromatic heterocycles. The van der Waals surface area contributed by atoms with E-state index in [1.54, 1.807) is 7.05 Å². The fraction of sp³-hybridized carbons (Fsp3) is 0.423. The first-order chi connectivity index (χ1) is 16.0. The molecule has 2 fully saturated rings. The van der Waals surface area contributed by atoms with Gasteiger partial charge in [0.15, 0.2) is 11.5 Å². The smallest absolute Gasteiger partial charge is 0.261 e. The second-order valence-corrected chi connectivity index (χ2v) is 9.32. The zero-order valence-electron chi connectivity index (χ0n) is 18.9. The van der Waals surface area contributed by atoms with Crippen LogP contribution in [0, 0.1) is 11.8 Å². The van der Waals surface area contributed by atoms with Crippen molar-refractivity contribution >= 4 is 17.8 Å². The predicted octanol–water partition coefficient (Wildman–Crippen LogP) is 3.01. The van der Waals surface area contributed by atoms with Gasteiger partial charge in [-0.2, -0.15) is 0 Å². The third kappa shape index (κ3) is 3.96. The van der Waals surface area contributed by atoms with Crippen molar-refractivity contribution in [1.29, 1.82) is 0 Å². The largest absolute Gasteiger partial charge is 0.493 e. The summed E-state index contributed by atoms with van der Waals surface area (Å²) in [5.41, 5.74) is 6.55. The van der Waals surface area contributed by atoms with Gasteiger partial charge in [0, 0.05) is 31.6 Å². The molecule has 1 aliphatic carbocycles. The lowest BCUT2D eigenvalue weighted by Gasteiger charge is -2.40. The Morgan fingerprint density at radius 1 is 1.09 bits per heavy atom. The molecule has 2 amide bonds. The molecule has 33 heavy (non-hydrogen) atoms. The number of carbonyl (C=O) groups excluding carboxylic acids is 2. The van der Waals surface area contributed by atoms with Gasteiger partial charge in [-0.3, -0.25) is 14.5 Å². The van der Waals surface area contributed by atoms with Crippen LogP contribution in [0.4, 0.5) is 0 Å². The van der Waals surface area contributed by atoms with E-state index in [-0.39, 0.29) is 23.7 Å². The van der Waals surface area contributed by atoms with Gasteiger partial charge in [0.25, 0.3) is 11.8 Å². The summed E-state index contributed by atoms with van der Waals surface area (Å²) < 4.78 is 5.99. The fourth-order valence-corrected chi connectivity index (χ4v) is 4.94. The number of carbonyl (C=O) groups is 2. The van der Waals surface area contributed by atoms with E-state index >= 15 is 0 Å². The maximum atomic E-state index is 13.6. The molecule has 2 aromatic rings. The second kappa shape index (κ2) is 8.54. The SMILES string of the molecule is CN1C(=O)C(c2cccc(OCC3CC3)c2)(C2CCN(C(=O)c3ccccc3)CC2)N=C1N. The van der Waals surface area contributed by atoms with E-state index in [0.29, 0.717) is 44.0 Å². The predicted molar refractivity (Wildman–Crippen MR) is 126 cm³/mol. The van der Waals surface area contributed by atoms with Crippen LogP contribution in [0.2, 0.25) is 0 Å². The Kier molecular flexibility index (Phi) is 5.56. The normalized spacial score (nSPS) is 23.5. The Morgan fingerprint density at radius 2 is 1.82 bits per heavy atom. The molecular formula is C26H30N4O3. The Labute approximate surface area is 194 Å². The van der Waals surface area contributed by atoms with Gasteiger partial charge in [-0.1, -0.05) is 30.3 Å². The summed E-state index contributed by atoms with van der Waals surface area (Å²) >= 11 is 0. The number of benzene rings is 2. The third-order valence-corrected chi connectivity index (χ3v) is 7.12. The molecule has 2 aromatic carbocycles. The molecule has 0 spiro atoms. The van der Waals surface area contributed by atoms with Gasteiger partial charge >= 0.3 is 0 Å². The number of hydrogen-bond acceptors (Lipinski definition) is 5. The fourth-order valence-electron chi connectivity index (χ4n) is 4.94. The number of likely N-dealkylation sites (N-methyl/N-ethyl adjacent to an activating group) is 1. The number of nitrogens with zero attached hydrogens (tertiary/aromatic N) is 3. The van der Waals surface area contributed by atoms with E-state index in [1.807, 2.05) is 59.5 Å². The summed E-state index contributed by atoms with van der Waals surface area (Å²) in [6, 6.07) is 17.1. The zero-order valence-corrected chi connectivity index (χ0v) is 18.9. The van der Waals surface area contributed by atoms with E-state index in [0.717, 1.165) is 11.3 Å². The highest BCUT2D eigenvalue weighted by Crippen LogP contribution is 2.45. The minimum absolute atomic E-state index is 0.0245. The van der Waals surface area contributed by atoms with Crippen molar-refractivity contribution in [3.63, 3.8) is 0 Å². The third-order valence-electron chi connectivity index (χ3n) is 7.12. The van der Waals surface area contributed by atoms with Crippen LogP contribution < -0.4 is 10.5 Å². The number of likely N-dealkylation sites (tertiary alicyclic amines) is 1. The standard InChI is InChI=1S/C26H30N4O3/c1-29-24(32)26(28-25(29)27,21-8-5-9-22(16-21)33-17-18-10-11-18)20-12-14-30(15-13-20)23(31)19-6-3-2-4-7-19/h2-9,16,18,20H,10-15,17H2,1H3,(H2,27,28). The van der Waals surface area contributed by atoms with Gasteiger partial charge in [-0.15, -0.1) is 0 Å². The maximum absolute atomic E-state index is 13.6. The van der Waals surface area contributed by atoms with E-state index in [9.17, 15) is 9.59 Å². The van der Waals surface area contributed by atoms with E-state index in [1.165, 1.54) is 17.7 Å². The topological polar surface area (TPSA) is 88.2 Å². The molecular weight excluding hydrogens is 416 g/mol. The monoisotopic (exact) mass is 446 g/mol. The molecule has 7 heteroatoms. The summed E-state index contributed by atoms with van der Waals surface area (Å²) in [5.74, 6) is 1.47. The van der Waals surface area contributed by atoms with E-state index in [4.69, 9.17) is 15.5 Å². The van der Waals surface area contributed by atoms with Crippen LogP contribution in [0.1, 0.15) is 41.6 Å². The van der Waals surface area contributed by atoms with Gasteiger partial charge < -0.3 is 15.4 Å². The number of nitrogens with two attached hydrogens (primary N) is 1. The summed E-state index contributed by atoms with van der Waals surface area (Å²) in [4.78, 5) is 34.6. The molecule has 2 aliphatic heterocycles. The van der Waals surface area contributed by atoms with Gasteiger partial charge in [0.05, 0.1) is 6.61 Å². The number of hydrogen-bond donors (Lipinski definition) is 1. The Balaban J connectivity index is 1.40. The summed E-state index contributed by atoms with van der Waals surface area (Å²) in [5, 5.41) is 0. The number of guanidine groups is 1. The van der Waals surface area contributed by atoms with Gasteiger partial charge in [-0.25, -0.2) is 4.99 Å². The zero-order chi connectivity index (χ0) is 23.0. The van der Waals surface area contributed by atoms with Crippen LogP contribution in [0.15, 0.2) is 59.6 Å². The Morgan fingerprint density at radius 3 is 2.45 bits per heavy atom. The minimum Gasteiger partial charge on any atom is -0.493 e. The van der Waals surface area contributed by atoms with Crippen molar-refractivity contribution in [2.45, 2.75) is 31.2 Å². The van der Waals surface area contributed by atoms with Gasteiger partial charge in [0.2, 0.25) is 0 Å². The number of rotatable bonds is 6. The summed E-state index contributed by atoms with van der Waals surface area (Å²) in [6.45, 7) is 1.85. The van der Waals surface area contributed by atoms with Gasteiger partial charge in [0.1, 0.15) is 5.75 Å². The highest BCUT2D eigenvalue weighted by atomic mass is 16.5. The molecule has 3 aliphatic rings. The Bertz CT molecular complexity index is 1070. The lowest BCUT2D eigenvalue weighted by Crippen LogP contribution is -2.49. The highest BCUT2D eigenvalue weighted by Gasteiger charge is 2.54. The molecule has 1 atom stereocenters. The highest BCUT2D eigenvalue weighted by molar-refractivity contribution is 6.07. The van der Waals surface area contributed by atoms with Crippen molar-refractivity contribution in [2.75, 3.05) is 26.7 Å². The molecule has 1 saturated carbocycles. The molecule has 0 radical (unpaired) electrons. The van der Waals surface area contributed by atoms with Crippen molar-refractivity contribution in [2.24, 2.45) is 22.6 Å². The van der Waals surface area contributed by atoms with Crippen LogP contribution in [0.5, 0.6) is 5.75 Å². The molecule has 1 saturated heterocycles. The van der Waals surface area contributed by atoms with Crippen molar-refractivity contribution in [1.82, 2.24) is 9.80 Å². The number of amides is 2. The van der Waals surface area contributed by atoms with E-state index < -0.39 is 5.54 Å². The first-order valence-electron chi connectivity index (χ1n) is 11.7. The van der Waals surface area contributed by atoms with Crippen LogP contribution in [0.25, 0.3) is 0 Å². The first kappa shape index (κ1) is 21.5. The number of piperidine rings is 1. The lowest BCUT2D eigenvalue weighted by molar-refractivity contribution is -0.133. The van der Waals surface area contributed by atoms with Crippen LogP contribution >= 0.6 is 0 Å². The van der Waals surface area contributed by atoms with E-state index in [2.05, 4.69) is 0 Å². The average molecular weight is 447 g/mol. The van der Waals surface area contributed by atoms with Crippen molar-refractivity contribution < 1.29 is 14.3 Å². The lowest BCUT2D eigenvalue weighted by atomic mass is 9.73. The molecule has 0 bridgehead atoms. The summed E-state index contributed by atoms with van der Waals surface area (Å²) in [6.07, 6.45) is 3.77. The quantitative estimate of drug-likeness (QED) is 0.739. The molecule has 2 heterocycles. The number of aliphatic imine (C=N–C) groups is 1. The second-order valence-electron chi connectivity index (χ2n) is 9.32. The van der Waals surface area contributed by atoms with Crippen molar-refractivity contribution in [3.05, 3.63) is 65.7 Å². The molecule has 5 rings (SSSR count). The molecule has 7 nitrogen and oxygen atoms in total. The van der Waals surface area contributed by atoms with Crippen LogP contribution in [-0.2, 0) is 10.3 Å². The number of ether oxygens (including phenoxy) is 1. The first-order valence-corrected chi connectivity index (χ1v) is 11.7. The minimum atomic E-state index is -1.08. The van der Waals surface area contributed by atoms with Crippen LogP contribution in [-0.4, -0.2) is 54.3 Å². The summed E-state index contributed by atoms with van der Waals surface area (Å²) in [7, 11) is 1.67. The molecule has 172 valence electrons. The Hall–Kier alpha value is -3.35. The van der Waals surface area contributed by atoms with Crippen molar-refractivity contribution in [3.8, 4) is 5.75 Å². The maximum Gasteiger partial charge on any atom is 0.261 e. The van der Waals surface area contributed by atoms with Crippen LogP contribution in [0.3, 0.4) is 0 Å². The molecule has 2 N–H and O–H groups in total.